The third-order valence-corrected chi connectivity index (χ3v) is 2.82. The molecule has 3 amide bonds. The number of urea groups is 1. The molecule has 0 aromatic heterocycles. The number of nitrogens with one attached hydrogen (secondary N) is 2. The van der Waals surface area contributed by atoms with Crippen LogP contribution in [0.2, 0.25) is 0 Å². The zero-order valence-corrected chi connectivity index (χ0v) is 11.7. The molecule has 1 rings (SSSR count). The first-order valence-corrected chi connectivity index (χ1v) is 6.42. The summed E-state index contributed by atoms with van der Waals surface area (Å²) in [6, 6.07) is -0.308. The van der Waals surface area contributed by atoms with Gasteiger partial charge in [0.1, 0.15) is 6.54 Å². The van der Waals surface area contributed by atoms with Crippen LogP contribution in [0.3, 0.4) is 0 Å². The minimum absolute atomic E-state index is 0.0800. The number of aliphatic carboxylic acids is 1. The number of likely N-dealkylation sites (N-methyl/N-ethyl adjacent to an activating group) is 1. The van der Waals surface area contributed by atoms with Gasteiger partial charge in [-0.2, -0.15) is 0 Å². The average molecular weight is 287 g/mol. The molecule has 1 aliphatic carbocycles. The van der Waals surface area contributed by atoms with Crippen molar-refractivity contribution >= 4 is 17.9 Å². The summed E-state index contributed by atoms with van der Waals surface area (Å²) in [5, 5.41) is 23.5. The molecule has 0 saturated heterocycles. The van der Waals surface area contributed by atoms with Crippen LogP contribution in [0, 0.1) is 0 Å². The molecule has 1 saturated carbocycles. The van der Waals surface area contributed by atoms with E-state index in [1.54, 1.807) is 0 Å². The number of carboxylic acids is 1. The van der Waals surface area contributed by atoms with Crippen LogP contribution >= 0.6 is 0 Å². The standard InChI is InChI=1S/C12H21N3O5/c1-12(20,5-10(17)18)7-13-11(19)15(2)6-9(16)14-8-3-4-8/h8,20H,3-7H2,1-2H3,(H,13,19)(H,14,16)(H,17,18). The van der Waals surface area contributed by atoms with Crippen LogP contribution in [0.15, 0.2) is 0 Å². The van der Waals surface area contributed by atoms with Gasteiger partial charge in [-0.15, -0.1) is 0 Å². The van der Waals surface area contributed by atoms with Crippen LogP contribution in [0.25, 0.3) is 0 Å². The highest BCUT2D eigenvalue weighted by molar-refractivity contribution is 5.84. The molecule has 4 N–H and O–H groups in total. The molecule has 0 aromatic carbocycles. The molecule has 0 heterocycles. The number of carboxylic acid groups (broad SMARTS) is 1. The summed E-state index contributed by atoms with van der Waals surface area (Å²) < 4.78 is 0. The molecule has 8 nitrogen and oxygen atoms in total. The predicted molar refractivity (Wildman–Crippen MR) is 70.1 cm³/mol. The normalized spacial score (nSPS) is 16.9. The second-order valence-electron chi connectivity index (χ2n) is 5.42. The van der Waals surface area contributed by atoms with Crippen LogP contribution in [0.1, 0.15) is 26.2 Å². The Labute approximate surface area is 117 Å². The minimum atomic E-state index is -1.53. The van der Waals surface area contributed by atoms with Crippen LogP contribution in [0.5, 0.6) is 0 Å². The molecule has 0 spiro atoms. The van der Waals surface area contributed by atoms with E-state index in [-0.39, 0.29) is 25.0 Å². The summed E-state index contributed by atoms with van der Waals surface area (Å²) in [4.78, 5) is 34.9. The lowest BCUT2D eigenvalue weighted by molar-refractivity contribution is -0.141. The van der Waals surface area contributed by atoms with Gasteiger partial charge in [0.2, 0.25) is 5.91 Å². The fraction of sp³-hybridized carbons (Fsp3) is 0.750. The maximum atomic E-state index is 11.7. The van der Waals surface area contributed by atoms with E-state index in [1.807, 2.05) is 0 Å². The molecule has 8 heteroatoms. The van der Waals surface area contributed by atoms with Crippen LogP contribution < -0.4 is 10.6 Å². The van der Waals surface area contributed by atoms with Crippen molar-refractivity contribution in [3.8, 4) is 0 Å². The van der Waals surface area contributed by atoms with E-state index >= 15 is 0 Å². The van der Waals surface area contributed by atoms with Crippen molar-refractivity contribution < 1.29 is 24.6 Å². The second-order valence-corrected chi connectivity index (χ2v) is 5.42. The Kier molecular flexibility index (Phi) is 5.32. The average Bonchev–Trinajstić information content (AvgIpc) is 3.07. The number of nitrogens with zero attached hydrogens (tertiary/aromatic N) is 1. The first kappa shape index (κ1) is 16.2. The maximum absolute atomic E-state index is 11.7. The first-order valence-electron chi connectivity index (χ1n) is 6.42. The lowest BCUT2D eigenvalue weighted by atomic mass is 10.0. The number of aliphatic hydroxyl groups is 1. The van der Waals surface area contributed by atoms with E-state index in [9.17, 15) is 19.5 Å². The predicted octanol–water partition coefficient (Wildman–Crippen LogP) is -0.868. The zero-order valence-electron chi connectivity index (χ0n) is 11.7. The Bertz CT molecular complexity index is 393. The molecule has 1 fully saturated rings. The Morgan fingerprint density at radius 1 is 1.35 bits per heavy atom. The third-order valence-electron chi connectivity index (χ3n) is 2.82. The van der Waals surface area contributed by atoms with Gasteiger partial charge in [0.05, 0.1) is 12.0 Å². The first-order chi connectivity index (χ1) is 9.19. The number of hydrogen-bond acceptors (Lipinski definition) is 4. The van der Waals surface area contributed by atoms with Gasteiger partial charge in [-0.1, -0.05) is 0 Å². The van der Waals surface area contributed by atoms with Crippen molar-refractivity contribution in [3.05, 3.63) is 0 Å². The minimum Gasteiger partial charge on any atom is -0.481 e. The van der Waals surface area contributed by atoms with Gasteiger partial charge < -0.3 is 25.7 Å². The summed E-state index contributed by atoms with van der Waals surface area (Å²) in [5.74, 6) is -1.39. The summed E-state index contributed by atoms with van der Waals surface area (Å²) in [6.45, 7) is 1.04. The van der Waals surface area contributed by atoms with E-state index in [0.29, 0.717) is 0 Å². The number of carbonyl (C=O) groups excluding carboxylic acids is 2. The molecule has 20 heavy (non-hydrogen) atoms. The molecular weight excluding hydrogens is 266 g/mol. The lowest BCUT2D eigenvalue weighted by Gasteiger charge is -2.24. The largest absolute Gasteiger partial charge is 0.481 e. The van der Waals surface area contributed by atoms with E-state index < -0.39 is 24.0 Å². The lowest BCUT2D eigenvalue weighted by Crippen LogP contribution is -2.48. The molecule has 1 aliphatic rings. The van der Waals surface area contributed by atoms with Crippen molar-refractivity contribution in [2.45, 2.75) is 37.8 Å². The highest BCUT2D eigenvalue weighted by atomic mass is 16.4. The van der Waals surface area contributed by atoms with E-state index in [2.05, 4.69) is 10.6 Å². The van der Waals surface area contributed by atoms with Crippen LogP contribution in [0.4, 0.5) is 4.79 Å². The van der Waals surface area contributed by atoms with Crippen molar-refractivity contribution in [2.24, 2.45) is 0 Å². The topological polar surface area (TPSA) is 119 Å². The van der Waals surface area contributed by atoms with Crippen LogP contribution in [-0.4, -0.2) is 64.8 Å². The fourth-order valence-corrected chi connectivity index (χ4v) is 1.58. The number of amides is 3. The van der Waals surface area contributed by atoms with Crippen molar-refractivity contribution in [1.29, 1.82) is 0 Å². The van der Waals surface area contributed by atoms with Gasteiger partial charge in [-0.3, -0.25) is 9.59 Å². The smallest absolute Gasteiger partial charge is 0.317 e. The molecule has 0 radical (unpaired) electrons. The molecule has 114 valence electrons. The zero-order chi connectivity index (χ0) is 15.3. The Hall–Kier alpha value is -1.83. The highest BCUT2D eigenvalue weighted by Gasteiger charge is 2.27. The SMILES string of the molecule is CN(CC(=O)NC1CC1)C(=O)NCC(C)(O)CC(=O)O. The van der Waals surface area contributed by atoms with E-state index in [0.717, 1.165) is 12.8 Å². The maximum Gasteiger partial charge on any atom is 0.317 e. The Morgan fingerprint density at radius 2 is 1.95 bits per heavy atom. The Morgan fingerprint density at radius 3 is 2.45 bits per heavy atom. The van der Waals surface area contributed by atoms with Crippen molar-refractivity contribution in [3.63, 3.8) is 0 Å². The number of hydrogen-bond donors (Lipinski definition) is 4. The molecule has 0 aromatic rings. The van der Waals surface area contributed by atoms with Gasteiger partial charge in [0.25, 0.3) is 0 Å². The molecule has 1 atom stereocenters. The van der Waals surface area contributed by atoms with Crippen molar-refractivity contribution in [2.75, 3.05) is 20.1 Å². The quantitative estimate of drug-likeness (QED) is 0.485. The number of rotatable bonds is 7. The summed E-state index contributed by atoms with van der Waals surface area (Å²) in [6.07, 6.45) is 1.47. The second kappa shape index (κ2) is 6.56. The molecule has 0 aliphatic heterocycles. The highest BCUT2D eigenvalue weighted by Crippen LogP contribution is 2.18. The number of carbonyl (C=O) groups is 3. The summed E-state index contributed by atoms with van der Waals surface area (Å²) in [7, 11) is 1.45. The van der Waals surface area contributed by atoms with Gasteiger partial charge in [-0.25, -0.2) is 4.79 Å². The molecular formula is C12H21N3O5. The van der Waals surface area contributed by atoms with Crippen LogP contribution in [-0.2, 0) is 9.59 Å². The molecule has 1 unspecified atom stereocenters. The van der Waals surface area contributed by atoms with E-state index in [1.165, 1.54) is 18.9 Å². The van der Waals surface area contributed by atoms with Gasteiger partial charge in [-0.05, 0) is 19.8 Å². The van der Waals surface area contributed by atoms with E-state index in [4.69, 9.17) is 5.11 Å². The van der Waals surface area contributed by atoms with Crippen molar-refractivity contribution in [1.82, 2.24) is 15.5 Å². The fourth-order valence-electron chi connectivity index (χ4n) is 1.58. The van der Waals surface area contributed by atoms with Gasteiger partial charge in [0.15, 0.2) is 0 Å². The van der Waals surface area contributed by atoms with Gasteiger partial charge in [0, 0.05) is 19.6 Å². The summed E-state index contributed by atoms with van der Waals surface area (Å²) in [5.41, 5.74) is -1.53. The molecule has 0 bridgehead atoms. The monoisotopic (exact) mass is 287 g/mol. The third kappa shape index (κ3) is 6.37. The van der Waals surface area contributed by atoms with Gasteiger partial charge >= 0.3 is 12.0 Å². The Balaban J connectivity index is 2.29. The summed E-state index contributed by atoms with van der Waals surface area (Å²) >= 11 is 0.